The molecule has 18 heavy (non-hydrogen) atoms. The van der Waals surface area contributed by atoms with Gasteiger partial charge in [-0.2, -0.15) is 0 Å². The first-order valence-corrected chi connectivity index (χ1v) is 6.27. The summed E-state index contributed by atoms with van der Waals surface area (Å²) in [5.41, 5.74) is 0.813. The molecule has 0 saturated carbocycles. The standard InChI is InChI=1S/C13H11ClN2O2/c14-7-3-6-12-15-16-13(18-12)11-8-9-4-1-2-5-10(9)17-11/h1-2,4-5,8H,3,6-7H2. The van der Waals surface area contributed by atoms with Crippen molar-refractivity contribution in [1.29, 1.82) is 0 Å². The van der Waals surface area contributed by atoms with Gasteiger partial charge in [0.15, 0.2) is 5.76 Å². The maximum absolute atomic E-state index is 5.65. The highest BCUT2D eigenvalue weighted by Gasteiger charge is 2.13. The Kier molecular flexibility index (Phi) is 3.02. The van der Waals surface area contributed by atoms with Crippen LogP contribution in [-0.4, -0.2) is 16.1 Å². The summed E-state index contributed by atoms with van der Waals surface area (Å²) in [5.74, 6) is 2.19. The van der Waals surface area contributed by atoms with Gasteiger partial charge in [-0.15, -0.1) is 21.8 Å². The third-order valence-corrected chi connectivity index (χ3v) is 2.89. The Balaban J connectivity index is 1.91. The second-order valence-corrected chi connectivity index (χ2v) is 4.32. The van der Waals surface area contributed by atoms with Gasteiger partial charge in [0.2, 0.25) is 5.89 Å². The summed E-state index contributed by atoms with van der Waals surface area (Å²) in [6.07, 6.45) is 1.51. The average molecular weight is 263 g/mol. The van der Waals surface area contributed by atoms with Crippen LogP contribution in [-0.2, 0) is 6.42 Å². The lowest BCUT2D eigenvalue weighted by Gasteiger charge is -1.89. The molecule has 0 radical (unpaired) electrons. The van der Waals surface area contributed by atoms with Crippen LogP contribution < -0.4 is 0 Å². The molecule has 0 aliphatic rings. The van der Waals surface area contributed by atoms with E-state index in [4.69, 9.17) is 20.4 Å². The van der Waals surface area contributed by atoms with Crippen molar-refractivity contribution in [3.63, 3.8) is 0 Å². The van der Waals surface area contributed by atoms with Gasteiger partial charge in [0, 0.05) is 17.7 Å². The Morgan fingerprint density at radius 2 is 2.00 bits per heavy atom. The van der Waals surface area contributed by atoms with Gasteiger partial charge >= 0.3 is 0 Å². The van der Waals surface area contributed by atoms with Gasteiger partial charge in [-0.1, -0.05) is 18.2 Å². The summed E-state index contributed by atoms with van der Waals surface area (Å²) >= 11 is 5.62. The van der Waals surface area contributed by atoms with Crippen molar-refractivity contribution in [1.82, 2.24) is 10.2 Å². The molecule has 3 rings (SSSR count). The zero-order valence-electron chi connectivity index (χ0n) is 9.60. The Labute approximate surface area is 109 Å². The topological polar surface area (TPSA) is 52.1 Å². The number of benzene rings is 1. The van der Waals surface area contributed by atoms with Crippen LogP contribution in [0, 0.1) is 0 Å². The van der Waals surface area contributed by atoms with Crippen molar-refractivity contribution in [2.45, 2.75) is 12.8 Å². The van der Waals surface area contributed by atoms with E-state index in [2.05, 4.69) is 10.2 Å². The number of furan rings is 1. The summed E-state index contributed by atoms with van der Waals surface area (Å²) < 4.78 is 11.2. The number of halogens is 1. The van der Waals surface area contributed by atoms with Crippen LogP contribution in [0.15, 0.2) is 39.2 Å². The lowest BCUT2D eigenvalue weighted by Crippen LogP contribution is -1.85. The van der Waals surface area contributed by atoms with Crippen LogP contribution in [0.4, 0.5) is 0 Å². The molecule has 0 aliphatic heterocycles. The van der Waals surface area contributed by atoms with Crippen LogP contribution in [0.3, 0.4) is 0 Å². The molecule has 0 fully saturated rings. The van der Waals surface area contributed by atoms with Gasteiger partial charge in [0.1, 0.15) is 5.58 Å². The molecule has 92 valence electrons. The minimum Gasteiger partial charge on any atom is -0.451 e. The van der Waals surface area contributed by atoms with Crippen LogP contribution in [0.1, 0.15) is 12.3 Å². The Morgan fingerprint density at radius 1 is 1.11 bits per heavy atom. The fourth-order valence-corrected chi connectivity index (χ4v) is 1.89. The molecule has 0 aliphatic carbocycles. The van der Waals surface area contributed by atoms with Gasteiger partial charge in [-0.05, 0) is 18.6 Å². The number of nitrogens with zero attached hydrogens (tertiary/aromatic N) is 2. The second-order valence-electron chi connectivity index (χ2n) is 3.94. The first kappa shape index (κ1) is 11.3. The van der Waals surface area contributed by atoms with Crippen LogP contribution in [0.2, 0.25) is 0 Å². The molecule has 0 N–H and O–H groups in total. The number of hydrogen-bond acceptors (Lipinski definition) is 4. The number of fused-ring (bicyclic) bond motifs is 1. The van der Waals surface area contributed by atoms with Crippen molar-refractivity contribution in [3.05, 3.63) is 36.2 Å². The normalized spacial score (nSPS) is 11.2. The van der Waals surface area contributed by atoms with E-state index in [-0.39, 0.29) is 0 Å². The van der Waals surface area contributed by atoms with Crippen molar-refractivity contribution >= 4 is 22.6 Å². The zero-order valence-corrected chi connectivity index (χ0v) is 10.4. The number of aryl methyl sites for hydroxylation is 1. The maximum atomic E-state index is 5.65. The van der Waals surface area contributed by atoms with E-state index in [1.54, 1.807) is 0 Å². The first-order valence-electron chi connectivity index (χ1n) is 5.74. The molecular formula is C13H11ClN2O2. The molecule has 0 amide bonds. The molecular weight excluding hydrogens is 252 g/mol. The van der Waals surface area contributed by atoms with Gasteiger partial charge in [-0.3, -0.25) is 0 Å². The number of alkyl halides is 1. The SMILES string of the molecule is ClCCCc1nnc(-c2cc3ccccc3o2)o1. The summed E-state index contributed by atoms with van der Waals surface area (Å²) in [7, 11) is 0. The lowest BCUT2D eigenvalue weighted by atomic mass is 10.2. The van der Waals surface area contributed by atoms with E-state index >= 15 is 0 Å². The zero-order chi connectivity index (χ0) is 12.4. The lowest BCUT2D eigenvalue weighted by molar-refractivity contribution is 0.484. The van der Waals surface area contributed by atoms with E-state index in [9.17, 15) is 0 Å². The van der Waals surface area contributed by atoms with Crippen LogP contribution in [0.5, 0.6) is 0 Å². The van der Waals surface area contributed by atoms with E-state index < -0.39 is 0 Å². The minimum atomic E-state index is 0.413. The number of aromatic nitrogens is 2. The molecule has 0 saturated heterocycles. The van der Waals surface area contributed by atoms with Crippen LogP contribution in [0.25, 0.3) is 22.6 Å². The van der Waals surface area contributed by atoms with E-state index in [1.807, 2.05) is 30.3 Å². The summed E-state index contributed by atoms with van der Waals surface area (Å²) in [6, 6.07) is 9.67. The smallest absolute Gasteiger partial charge is 0.283 e. The van der Waals surface area contributed by atoms with E-state index in [1.165, 1.54) is 0 Å². The number of rotatable bonds is 4. The van der Waals surface area contributed by atoms with E-state index in [0.717, 1.165) is 17.4 Å². The quantitative estimate of drug-likeness (QED) is 0.674. The first-order chi connectivity index (χ1) is 8.86. The van der Waals surface area contributed by atoms with Crippen molar-refractivity contribution in [3.8, 4) is 11.7 Å². The van der Waals surface area contributed by atoms with Crippen molar-refractivity contribution in [2.75, 3.05) is 5.88 Å². The van der Waals surface area contributed by atoms with Crippen molar-refractivity contribution in [2.24, 2.45) is 0 Å². The molecule has 2 aromatic heterocycles. The summed E-state index contributed by atoms with van der Waals surface area (Å²) in [4.78, 5) is 0. The molecule has 0 unspecified atom stereocenters. The molecule has 0 spiro atoms. The summed E-state index contributed by atoms with van der Waals surface area (Å²) in [6.45, 7) is 0. The summed E-state index contributed by atoms with van der Waals surface area (Å²) in [5, 5.41) is 8.97. The van der Waals surface area contributed by atoms with Gasteiger partial charge in [-0.25, -0.2) is 0 Å². The number of hydrogen-bond donors (Lipinski definition) is 0. The van der Waals surface area contributed by atoms with Gasteiger partial charge < -0.3 is 8.83 Å². The second kappa shape index (κ2) is 4.82. The predicted molar refractivity (Wildman–Crippen MR) is 68.5 cm³/mol. The van der Waals surface area contributed by atoms with Gasteiger partial charge in [0.05, 0.1) is 0 Å². The third-order valence-electron chi connectivity index (χ3n) is 2.63. The molecule has 1 aromatic carbocycles. The molecule has 3 aromatic rings. The maximum Gasteiger partial charge on any atom is 0.283 e. The highest BCUT2D eigenvalue weighted by atomic mass is 35.5. The molecule has 4 nitrogen and oxygen atoms in total. The third kappa shape index (κ3) is 2.11. The Hall–Kier alpha value is -1.81. The highest BCUT2D eigenvalue weighted by Crippen LogP contribution is 2.26. The minimum absolute atomic E-state index is 0.413. The molecule has 0 bridgehead atoms. The van der Waals surface area contributed by atoms with Crippen LogP contribution >= 0.6 is 11.6 Å². The molecule has 0 atom stereocenters. The van der Waals surface area contributed by atoms with Crippen molar-refractivity contribution < 1.29 is 8.83 Å². The number of para-hydroxylation sites is 1. The Bertz CT molecular complexity index is 627. The fourth-order valence-electron chi connectivity index (χ4n) is 1.76. The van der Waals surface area contributed by atoms with E-state index in [0.29, 0.717) is 29.8 Å². The fraction of sp³-hybridized carbons (Fsp3) is 0.231. The van der Waals surface area contributed by atoms with Gasteiger partial charge in [0.25, 0.3) is 5.89 Å². The monoisotopic (exact) mass is 262 g/mol. The Morgan fingerprint density at radius 3 is 2.83 bits per heavy atom. The highest BCUT2D eigenvalue weighted by molar-refractivity contribution is 6.17. The predicted octanol–water partition coefficient (Wildman–Crippen LogP) is 3.65. The largest absolute Gasteiger partial charge is 0.451 e. The average Bonchev–Trinajstić information content (AvgIpc) is 3.02. The molecule has 5 heteroatoms. The molecule has 2 heterocycles.